The number of aliphatic hydroxyl groups excluding tert-OH is 1. The van der Waals surface area contributed by atoms with Crippen molar-refractivity contribution in [2.24, 2.45) is 5.41 Å². The van der Waals surface area contributed by atoms with E-state index in [4.69, 9.17) is 0 Å². The predicted molar refractivity (Wildman–Crippen MR) is 73.2 cm³/mol. The van der Waals surface area contributed by atoms with Gasteiger partial charge in [0.15, 0.2) is 0 Å². The molecule has 2 atom stereocenters. The highest BCUT2D eigenvalue weighted by atomic mass is 16.3. The standard InChI is InChI=1S/C14H30N2O/c1-14(2,3)10-13(17)11-15-12-6-5-8-16(4)9-7-12/h12-13,15,17H,5-11H2,1-4H3. The first-order valence-corrected chi connectivity index (χ1v) is 6.97. The average Bonchev–Trinajstić information content (AvgIpc) is 2.37. The van der Waals surface area contributed by atoms with Gasteiger partial charge in [0, 0.05) is 12.6 Å². The van der Waals surface area contributed by atoms with E-state index in [1.54, 1.807) is 0 Å². The molecule has 1 aliphatic heterocycles. The van der Waals surface area contributed by atoms with Crippen molar-refractivity contribution in [3.8, 4) is 0 Å². The van der Waals surface area contributed by atoms with E-state index in [0.29, 0.717) is 6.04 Å². The van der Waals surface area contributed by atoms with Crippen molar-refractivity contribution in [2.75, 3.05) is 26.7 Å². The first-order valence-electron chi connectivity index (χ1n) is 6.97. The van der Waals surface area contributed by atoms with Crippen molar-refractivity contribution in [1.29, 1.82) is 0 Å². The summed E-state index contributed by atoms with van der Waals surface area (Å²) in [6.45, 7) is 9.66. The van der Waals surface area contributed by atoms with Gasteiger partial charge in [0.05, 0.1) is 6.10 Å². The molecule has 1 rings (SSSR count). The van der Waals surface area contributed by atoms with Gasteiger partial charge in [-0.1, -0.05) is 20.8 Å². The van der Waals surface area contributed by atoms with Crippen molar-refractivity contribution >= 4 is 0 Å². The molecule has 3 heteroatoms. The molecule has 0 aromatic heterocycles. The molecule has 102 valence electrons. The monoisotopic (exact) mass is 242 g/mol. The van der Waals surface area contributed by atoms with E-state index >= 15 is 0 Å². The third-order valence-corrected chi connectivity index (χ3v) is 3.44. The summed E-state index contributed by atoms with van der Waals surface area (Å²) in [6.07, 6.45) is 4.37. The van der Waals surface area contributed by atoms with E-state index in [-0.39, 0.29) is 11.5 Å². The van der Waals surface area contributed by atoms with Crippen LogP contribution >= 0.6 is 0 Å². The Bertz CT molecular complexity index is 213. The largest absolute Gasteiger partial charge is 0.392 e. The average molecular weight is 242 g/mol. The second kappa shape index (κ2) is 6.72. The zero-order valence-corrected chi connectivity index (χ0v) is 12.0. The molecule has 1 fully saturated rings. The number of likely N-dealkylation sites (tertiary alicyclic amines) is 1. The van der Waals surface area contributed by atoms with Crippen LogP contribution < -0.4 is 5.32 Å². The molecule has 0 aromatic rings. The lowest BCUT2D eigenvalue weighted by molar-refractivity contribution is 0.115. The maximum Gasteiger partial charge on any atom is 0.0669 e. The number of hydrogen-bond donors (Lipinski definition) is 2. The summed E-state index contributed by atoms with van der Waals surface area (Å²) in [6, 6.07) is 0.592. The van der Waals surface area contributed by atoms with Crippen molar-refractivity contribution in [2.45, 2.75) is 58.6 Å². The number of aliphatic hydroxyl groups is 1. The number of hydrogen-bond acceptors (Lipinski definition) is 3. The first-order chi connectivity index (χ1) is 7.87. The summed E-state index contributed by atoms with van der Waals surface area (Å²) < 4.78 is 0. The SMILES string of the molecule is CN1CCCC(NCC(O)CC(C)(C)C)CC1. The van der Waals surface area contributed by atoms with Gasteiger partial charge in [-0.25, -0.2) is 0 Å². The third-order valence-electron chi connectivity index (χ3n) is 3.44. The van der Waals surface area contributed by atoms with Gasteiger partial charge in [-0.3, -0.25) is 0 Å². The highest BCUT2D eigenvalue weighted by molar-refractivity contribution is 4.76. The quantitative estimate of drug-likeness (QED) is 0.790. The lowest BCUT2D eigenvalue weighted by atomic mass is 9.89. The summed E-state index contributed by atoms with van der Waals surface area (Å²) in [4.78, 5) is 2.40. The minimum atomic E-state index is -0.212. The summed E-state index contributed by atoms with van der Waals surface area (Å²) in [5, 5.41) is 13.5. The van der Waals surface area contributed by atoms with Crippen molar-refractivity contribution in [3.05, 3.63) is 0 Å². The molecule has 1 heterocycles. The Kier molecular flexibility index (Phi) is 5.90. The molecular weight excluding hydrogens is 212 g/mol. The van der Waals surface area contributed by atoms with Crippen molar-refractivity contribution in [3.63, 3.8) is 0 Å². The van der Waals surface area contributed by atoms with Crippen LogP contribution in [0.15, 0.2) is 0 Å². The van der Waals surface area contributed by atoms with E-state index < -0.39 is 0 Å². The summed E-state index contributed by atoms with van der Waals surface area (Å²) in [7, 11) is 2.19. The lowest BCUT2D eigenvalue weighted by Gasteiger charge is -2.24. The molecule has 0 saturated carbocycles. The van der Waals surface area contributed by atoms with Crippen LogP contribution in [0.25, 0.3) is 0 Å². The maximum atomic E-state index is 9.96. The lowest BCUT2D eigenvalue weighted by Crippen LogP contribution is -2.37. The van der Waals surface area contributed by atoms with Gasteiger partial charge in [0.1, 0.15) is 0 Å². The summed E-state index contributed by atoms with van der Waals surface area (Å²) >= 11 is 0. The van der Waals surface area contributed by atoms with Crippen LogP contribution in [0.5, 0.6) is 0 Å². The van der Waals surface area contributed by atoms with Crippen LogP contribution in [0.2, 0.25) is 0 Å². The van der Waals surface area contributed by atoms with E-state index in [1.807, 2.05) is 0 Å². The molecule has 1 saturated heterocycles. The Labute approximate surface area is 107 Å². The minimum absolute atomic E-state index is 0.212. The second-order valence-corrected chi connectivity index (χ2v) is 6.76. The molecule has 17 heavy (non-hydrogen) atoms. The highest BCUT2D eigenvalue weighted by Gasteiger charge is 2.19. The Hall–Kier alpha value is -0.120. The fourth-order valence-electron chi connectivity index (χ4n) is 2.53. The van der Waals surface area contributed by atoms with Crippen LogP contribution in [0.1, 0.15) is 46.5 Å². The summed E-state index contributed by atoms with van der Waals surface area (Å²) in [5.41, 5.74) is 0.213. The van der Waals surface area contributed by atoms with Crippen LogP contribution in [-0.4, -0.2) is 48.8 Å². The van der Waals surface area contributed by atoms with Gasteiger partial charge in [0.25, 0.3) is 0 Å². The van der Waals surface area contributed by atoms with E-state index in [0.717, 1.165) is 13.0 Å². The van der Waals surface area contributed by atoms with Crippen LogP contribution in [-0.2, 0) is 0 Å². The van der Waals surface area contributed by atoms with Gasteiger partial charge in [-0.05, 0) is 51.2 Å². The molecular formula is C14H30N2O. The topological polar surface area (TPSA) is 35.5 Å². The molecule has 0 spiro atoms. The number of nitrogens with zero attached hydrogens (tertiary/aromatic N) is 1. The first kappa shape index (κ1) is 14.9. The molecule has 0 aliphatic carbocycles. The minimum Gasteiger partial charge on any atom is -0.392 e. The maximum absolute atomic E-state index is 9.96. The normalized spacial score (nSPS) is 25.6. The van der Waals surface area contributed by atoms with Gasteiger partial charge in [-0.15, -0.1) is 0 Å². The van der Waals surface area contributed by atoms with Crippen molar-refractivity contribution in [1.82, 2.24) is 10.2 Å². The summed E-state index contributed by atoms with van der Waals surface area (Å²) in [5.74, 6) is 0. The van der Waals surface area contributed by atoms with Gasteiger partial charge < -0.3 is 15.3 Å². The van der Waals surface area contributed by atoms with E-state index in [2.05, 4.69) is 38.0 Å². The number of rotatable bonds is 4. The molecule has 3 nitrogen and oxygen atoms in total. The molecule has 1 aliphatic rings. The Morgan fingerprint density at radius 1 is 1.29 bits per heavy atom. The van der Waals surface area contributed by atoms with Crippen LogP contribution in [0, 0.1) is 5.41 Å². The van der Waals surface area contributed by atoms with Crippen LogP contribution in [0.3, 0.4) is 0 Å². The highest BCUT2D eigenvalue weighted by Crippen LogP contribution is 2.20. The zero-order valence-electron chi connectivity index (χ0n) is 12.0. The van der Waals surface area contributed by atoms with Crippen molar-refractivity contribution < 1.29 is 5.11 Å². The fraction of sp³-hybridized carbons (Fsp3) is 1.00. The molecule has 0 radical (unpaired) electrons. The predicted octanol–water partition coefficient (Wildman–Crippen LogP) is 1.86. The molecule has 2 N–H and O–H groups in total. The molecule has 0 bridgehead atoms. The van der Waals surface area contributed by atoms with E-state index in [9.17, 15) is 5.11 Å². The van der Waals surface area contributed by atoms with Crippen LogP contribution in [0.4, 0.5) is 0 Å². The van der Waals surface area contributed by atoms with Gasteiger partial charge >= 0.3 is 0 Å². The third kappa shape index (κ3) is 7.02. The van der Waals surface area contributed by atoms with E-state index in [1.165, 1.54) is 32.4 Å². The number of nitrogens with one attached hydrogen (secondary N) is 1. The smallest absolute Gasteiger partial charge is 0.0669 e. The Morgan fingerprint density at radius 3 is 2.65 bits per heavy atom. The Morgan fingerprint density at radius 2 is 2.00 bits per heavy atom. The van der Waals surface area contributed by atoms with Gasteiger partial charge in [-0.2, -0.15) is 0 Å². The fourth-order valence-corrected chi connectivity index (χ4v) is 2.53. The zero-order chi connectivity index (χ0) is 12.9. The molecule has 0 amide bonds. The van der Waals surface area contributed by atoms with Gasteiger partial charge in [0.2, 0.25) is 0 Å². The molecule has 2 unspecified atom stereocenters. The second-order valence-electron chi connectivity index (χ2n) is 6.76. The molecule has 0 aromatic carbocycles. The Balaban J connectivity index is 2.21.